The largest absolute Gasteiger partial charge is 0.409 e. The van der Waals surface area contributed by atoms with Crippen LogP contribution < -0.4 is 11.1 Å². The molecule has 1 unspecified atom stereocenters. The molecule has 1 saturated heterocycles. The van der Waals surface area contributed by atoms with Gasteiger partial charge in [0, 0.05) is 19.8 Å². The minimum Gasteiger partial charge on any atom is -0.409 e. The Morgan fingerprint density at radius 1 is 1.35 bits per heavy atom. The van der Waals surface area contributed by atoms with Crippen LogP contribution >= 0.6 is 0 Å². The van der Waals surface area contributed by atoms with Crippen molar-refractivity contribution in [2.75, 3.05) is 26.3 Å². The van der Waals surface area contributed by atoms with E-state index in [1.54, 1.807) is 0 Å². The van der Waals surface area contributed by atoms with Crippen molar-refractivity contribution in [1.82, 2.24) is 5.32 Å². The number of amidine groups is 1. The summed E-state index contributed by atoms with van der Waals surface area (Å²) in [6, 6.07) is 9.89. The SMILES string of the molecule is NC(=NO)C(CNCC1CCOCC1)c1ccccc1. The number of rotatable bonds is 6. The number of hydrogen-bond donors (Lipinski definition) is 3. The Morgan fingerprint density at radius 3 is 2.70 bits per heavy atom. The average molecular weight is 277 g/mol. The molecule has 0 saturated carbocycles. The number of hydrogen-bond acceptors (Lipinski definition) is 4. The fourth-order valence-electron chi connectivity index (χ4n) is 2.53. The first-order valence-corrected chi connectivity index (χ1v) is 7.12. The molecule has 1 aromatic carbocycles. The lowest BCUT2D eigenvalue weighted by molar-refractivity contribution is 0.0663. The molecule has 110 valence electrons. The molecule has 1 heterocycles. The zero-order chi connectivity index (χ0) is 14.2. The van der Waals surface area contributed by atoms with E-state index < -0.39 is 0 Å². The Hall–Kier alpha value is -1.59. The molecular formula is C15H23N3O2. The lowest BCUT2D eigenvalue weighted by Crippen LogP contribution is -2.35. The van der Waals surface area contributed by atoms with Crippen molar-refractivity contribution in [3.63, 3.8) is 0 Å². The molecule has 5 heteroatoms. The molecule has 0 bridgehead atoms. The predicted molar refractivity (Wildman–Crippen MR) is 79.0 cm³/mol. The van der Waals surface area contributed by atoms with Crippen LogP contribution in [0.4, 0.5) is 0 Å². The highest BCUT2D eigenvalue weighted by atomic mass is 16.5. The highest BCUT2D eigenvalue weighted by Crippen LogP contribution is 2.16. The van der Waals surface area contributed by atoms with Crippen molar-refractivity contribution < 1.29 is 9.94 Å². The minimum absolute atomic E-state index is 0.0963. The fourth-order valence-corrected chi connectivity index (χ4v) is 2.53. The number of nitrogens with zero attached hydrogens (tertiary/aromatic N) is 1. The summed E-state index contributed by atoms with van der Waals surface area (Å²) in [7, 11) is 0. The number of nitrogens with one attached hydrogen (secondary N) is 1. The van der Waals surface area contributed by atoms with E-state index in [1.165, 1.54) is 0 Å². The van der Waals surface area contributed by atoms with Gasteiger partial charge in [0.1, 0.15) is 5.84 Å². The molecule has 1 atom stereocenters. The molecule has 0 aromatic heterocycles. The van der Waals surface area contributed by atoms with E-state index in [4.69, 9.17) is 15.7 Å². The van der Waals surface area contributed by atoms with Gasteiger partial charge in [0.25, 0.3) is 0 Å². The summed E-state index contributed by atoms with van der Waals surface area (Å²) in [6.07, 6.45) is 2.21. The summed E-state index contributed by atoms with van der Waals surface area (Å²) in [5, 5.41) is 15.5. The van der Waals surface area contributed by atoms with Crippen molar-refractivity contribution >= 4 is 5.84 Å². The van der Waals surface area contributed by atoms with Crippen LogP contribution in [0.15, 0.2) is 35.5 Å². The molecule has 1 aliphatic heterocycles. The quantitative estimate of drug-likeness (QED) is 0.319. The van der Waals surface area contributed by atoms with E-state index in [9.17, 15) is 0 Å². The first-order chi connectivity index (χ1) is 9.81. The maximum absolute atomic E-state index is 8.93. The van der Waals surface area contributed by atoms with Crippen LogP contribution in [0.1, 0.15) is 24.3 Å². The van der Waals surface area contributed by atoms with Crippen LogP contribution in [0.5, 0.6) is 0 Å². The topological polar surface area (TPSA) is 79.9 Å². The second kappa shape index (κ2) is 7.87. The van der Waals surface area contributed by atoms with Crippen LogP contribution in [-0.2, 0) is 4.74 Å². The van der Waals surface area contributed by atoms with E-state index in [0.29, 0.717) is 12.5 Å². The highest BCUT2D eigenvalue weighted by Gasteiger charge is 2.18. The first kappa shape index (κ1) is 14.8. The monoisotopic (exact) mass is 277 g/mol. The van der Waals surface area contributed by atoms with Gasteiger partial charge in [-0.3, -0.25) is 0 Å². The molecule has 20 heavy (non-hydrogen) atoms. The molecule has 1 aliphatic rings. The van der Waals surface area contributed by atoms with Gasteiger partial charge in [-0.2, -0.15) is 0 Å². The van der Waals surface area contributed by atoms with Gasteiger partial charge in [-0.25, -0.2) is 0 Å². The van der Waals surface area contributed by atoms with E-state index in [0.717, 1.165) is 38.2 Å². The van der Waals surface area contributed by atoms with Crippen LogP contribution in [0, 0.1) is 5.92 Å². The molecule has 0 amide bonds. The van der Waals surface area contributed by atoms with Crippen molar-refractivity contribution in [3.8, 4) is 0 Å². The Bertz CT molecular complexity index is 416. The third kappa shape index (κ3) is 4.21. The van der Waals surface area contributed by atoms with Gasteiger partial charge in [0.2, 0.25) is 0 Å². The number of nitrogens with two attached hydrogens (primary N) is 1. The summed E-state index contributed by atoms with van der Waals surface area (Å²) in [5.74, 6) is 0.809. The van der Waals surface area contributed by atoms with Gasteiger partial charge in [0.05, 0.1) is 5.92 Å². The van der Waals surface area contributed by atoms with Gasteiger partial charge in [-0.1, -0.05) is 35.5 Å². The molecule has 2 rings (SSSR count). The maximum atomic E-state index is 8.93. The van der Waals surface area contributed by atoms with Crippen LogP contribution in [0.2, 0.25) is 0 Å². The second-order valence-electron chi connectivity index (χ2n) is 5.20. The molecule has 1 fully saturated rings. The van der Waals surface area contributed by atoms with Crippen LogP contribution in [0.3, 0.4) is 0 Å². The molecule has 4 N–H and O–H groups in total. The average Bonchev–Trinajstić information content (AvgIpc) is 2.53. The smallest absolute Gasteiger partial charge is 0.147 e. The molecule has 0 radical (unpaired) electrons. The molecule has 0 aliphatic carbocycles. The van der Waals surface area contributed by atoms with E-state index >= 15 is 0 Å². The van der Waals surface area contributed by atoms with E-state index in [2.05, 4.69) is 10.5 Å². The summed E-state index contributed by atoms with van der Waals surface area (Å²) < 4.78 is 5.35. The van der Waals surface area contributed by atoms with Gasteiger partial charge in [-0.05, 0) is 30.9 Å². The lowest BCUT2D eigenvalue weighted by atomic mass is 9.96. The Morgan fingerprint density at radius 2 is 2.05 bits per heavy atom. The Balaban J connectivity index is 1.88. The second-order valence-corrected chi connectivity index (χ2v) is 5.20. The summed E-state index contributed by atoms with van der Waals surface area (Å²) >= 11 is 0. The molecular weight excluding hydrogens is 254 g/mol. The van der Waals surface area contributed by atoms with Crippen molar-refractivity contribution in [1.29, 1.82) is 0 Å². The van der Waals surface area contributed by atoms with Crippen molar-refractivity contribution in [3.05, 3.63) is 35.9 Å². The minimum atomic E-state index is -0.0963. The first-order valence-electron chi connectivity index (χ1n) is 7.12. The molecule has 0 spiro atoms. The van der Waals surface area contributed by atoms with E-state index in [1.807, 2.05) is 30.3 Å². The predicted octanol–water partition coefficient (Wildman–Crippen LogP) is 1.53. The summed E-state index contributed by atoms with van der Waals surface area (Å²) in [6.45, 7) is 3.34. The molecule has 1 aromatic rings. The van der Waals surface area contributed by atoms with E-state index in [-0.39, 0.29) is 11.8 Å². The Labute approximate surface area is 119 Å². The number of oxime groups is 1. The normalized spacial score (nSPS) is 18.9. The van der Waals surface area contributed by atoms with Gasteiger partial charge in [-0.15, -0.1) is 0 Å². The number of benzene rings is 1. The van der Waals surface area contributed by atoms with Crippen LogP contribution in [0.25, 0.3) is 0 Å². The zero-order valence-electron chi connectivity index (χ0n) is 11.7. The zero-order valence-corrected chi connectivity index (χ0v) is 11.7. The standard InChI is InChI=1S/C15H23N3O2/c16-15(18-19)14(13-4-2-1-3-5-13)11-17-10-12-6-8-20-9-7-12/h1-5,12,14,17,19H,6-11H2,(H2,16,18). The van der Waals surface area contributed by atoms with Crippen LogP contribution in [-0.4, -0.2) is 37.3 Å². The number of ether oxygens (including phenoxy) is 1. The summed E-state index contributed by atoms with van der Waals surface area (Å²) in [5.41, 5.74) is 6.87. The highest BCUT2D eigenvalue weighted by molar-refractivity contribution is 5.87. The fraction of sp³-hybridized carbons (Fsp3) is 0.533. The lowest BCUT2D eigenvalue weighted by Gasteiger charge is -2.24. The van der Waals surface area contributed by atoms with Gasteiger partial charge >= 0.3 is 0 Å². The Kier molecular flexibility index (Phi) is 5.83. The third-order valence-corrected chi connectivity index (χ3v) is 3.80. The van der Waals surface area contributed by atoms with Gasteiger partial charge < -0.3 is 21.0 Å². The van der Waals surface area contributed by atoms with Crippen molar-refractivity contribution in [2.24, 2.45) is 16.8 Å². The van der Waals surface area contributed by atoms with Gasteiger partial charge in [0.15, 0.2) is 0 Å². The third-order valence-electron chi connectivity index (χ3n) is 3.80. The maximum Gasteiger partial charge on any atom is 0.147 e. The van der Waals surface area contributed by atoms with Crippen molar-refractivity contribution in [2.45, 2.75) is 18.8 Å². The summed E-state index contributed by atoms with van der Waals surface area (Å²) in [4.78, 5) is 0. The molecule has 5 nitrogen and oxygen atoms in total.